The van der Waals surface area contributed by atoms with Crippen molar-refractivity contribution in [3.8, 4) is 0 Å². The number of fused-ring (bicyclic) bond motifs is 1. The second-order valence-electron chi connectivity index (χ2n) is 2.81. The molecule has 0 aromatic rings. The highest BCUT2D eigenvalue weighted by Gasteiger charge is 2.17. The van der Waals surface area contributed by atoms with Crippen molar-refractivity contribution >= 4 is 12.2 Å². The summed E-state index contributed by atoms with van der Waals surface area (Å²) in [6.45, 7) is 2.71. The molecule has 4 nitrogen and oxygen atoms in total. The lowest BCUT2D eigenvalue weighted by Crippen LogP contribution is -2.35. The topological polar surface area (TPSA) is 54.0 Å². The van der Waals surface area contributed by atoms with E-state index in [1.165, 1.54) is 0 Å². The molecule has 0 radical (unpaired) electrons. The van der Waals surface area contributed by atoms with Crippen molar-refractivity contribution < 1.29 is 0 Å². The number of allylic oxidation sites excluding steroid dienone is 2. The standard InChI is InChI=1S/C8H10N4/c1-6-2-3-10-8-11-4-7(9)5-12(6)8/h2-4H,5,9H2,1H3. The van der Waals surface area contributed by atoms with Crippen LogP contribution in [0, 0.1) is 0 Å². The third-order valence-electron chi connectivity index (χ3n) is 1.86. The highest BCUT2D eigenvalue weighted by atomic mass is 15.3. The van der Waals surface area contributed by atoms with Gasteiger partial charge in [-0.25, -0.2) is 9.98 Å². The molecule has 2 aliphatic heterocycles. The van der Waals surface area contributed by atoms with Crippen molar-refractivity contribution in [3.63, 3.8) is 0 Å². The maximum absolute atomic E-state index is 5.64. The molecule has 0 aromatic carbocycles. The lowest BCUT2D eigenvalue weighted by Gasteiger charge is -2.28. The highest BCUT2D eigenvalue weighted by Crippen LogP contribution is 2.14. The van der Waals surface area contributed by atoms with Crippen molar-refractivity contribution in [3.05, 3.63) is 23.7 Å². The van der Waals surface area contributed by atoms with Crippen molar-refractivity contribution in [1.29, 1.82) is 0 Å². The molecule has 0 fully saturated rings. The van der Waals surface area contributed by atoms with E-state index < -0.39 is 0 Å². The van der Waals surface area contributed by atoms with Gasteiger partial charge in [-0.2, -0.15) is 0 Å². The van der Waals surface area contributed by atoms with Crippen LogP contribution in [0.5, 0.6) is 0 Å². The fourth-order valence-electron chi connectivity index (χ4n) is 1.19. The molecule has 0 saturated heterocycles. The number of hydrogen-bond donors (Lipinski definition) is 1. The van der Waals surface area contributed by atoms with Crippen molar-refractivity contribution in [2.24, 2.45) is 15.7 Å². The molecule has 62 valence electrons. The van der Waals surface area contributed by atoms with Gasteiger partial charge in [0.05, 0.1) is 12.7 Å². The minimum absolute atomic E-state index is 0.693. The molecular formula is C8H10N4. The Morgan fingerprint density at radius 2 is 2.42 bits per heavy atom. The summed E-state index contributed by atoms with van der Waals surface area (Å²) in [7, 11) is 0. The summed E-state index contributed by atoms with van der Waals surface area (Å²) in [6, 6.07) is 0. The first-order valence-corrected chi connectivity index (χ1v) is 3.78. The zero-order valence-electron chi connectivity index (χ0n) is 6.86. The molecule has 2 rings (SSSR count). The van der Waals surface area contributed by atoms with E-state index in [0.717, 1.165) is 17.4 Å². The largest absolute Gasteiger partial charge is 0.399 e. The number of hydrogen-bond acceptors (Lipinski definition) is 4. The van der Waals surface area contributed by atoms with E-state index in [0.29, 0.717) is 6.54 Å². The summed E-state index contributed by atoms with van der Waals surface area (Å²) in [5.74, 6) is 0.726. The first-order chi connectivity index (χ1) is 5.77. The molecule has 0 aliphatic carbocycles. The number of aliphatic imine (C=N–C) groups is 2. The van der Waals surface area contributed by atoms with Crippen LogP contribution in [-0.2, 0) is 0 Å². The maximum atomic E-state index is 5.64. The Morgan fingerprint density at radius 1 is 1.58 bits per heavy atom. The van der Waals surface area contributed by atoms with Crippen molar-refractivity contribution in [2.75, 3.05) is 6.54 Å². The lowest BCUT2D eigenvalue weighted by atomic mass is 10.3. The first-order valence-electron chi connectivity index (χ1n) is 3.78. The number of guanidine groups is 1. The normalized spacial score (nSPS) is 21.1. The summed E-state index contributed by atoms with van der Waals surface area (Å²) < 4.78 is 0. The quantitative estimate of drug-likeness (QED) is 0.562. The average molecular weight is 162 g/mol. The van der Waals surface area contributed by atoms with Crippen LogP contribution < -0.4 is 5.73 Å². The fraction of sp³-hybridized carbons (Fsp3) is 0.250. The van der Waals surface area contributed by atoms with E-state index in [-0.39, 0.29) is 0 Å². The van der Waals surface area contributed by atoms with Crippen molar-refractivity contribution in [2.45, 2.75) is 6.92 Å². The SMILES string of the molecule is CC1=CC=NC2=NC=C(N)CN12. The minimum Gasteiger partial charge on any atom is -0.399 e. The molecule has 4 heteroatoms. The van der Waals surface area contributed by atoms with Gasteiger partial charge in [0.25, 0.3) is 0 Å². The summed E-state index contributed by atoms with van der Waals surface area (Å²) in [6.07, 6.45) is 5.35. The van der Waals surface area contributed by atoms with Gasteiger partial charge >= 0.3 is 0 Å². The van der Waals surface area contributed by atoms with Crippen LogP contribution in [-0.4, -0.2) is 23.6 Å². The maximum Gasteiger partial charge on any atom is 0.229 e. The fourth-order valence-corrected chi connectivity index (χ4v) is 1.19. The van der Waals surface area contributed by atoms with Gasteiger partial charge in [0, 0.05) is 17.6 Å². The van der Waals surface area contributed by atoms with Crippen molar-refractivity contribution in [1.82, 2.24) is 4.90 Å². The second kappa shape index (κ2) is 2.48. The van der Waals surface area contributed by atoms with Crippen LogP contribution >= 0.6 is 0 Å². The molecule has 2 heterocycles. The molecule has 0 saturated carbocycles. The van der Waals surface area contributed by atoms with E-state index >= 15 is 0 Å². The Labute approximate surface area is 70.8 Å². The predicted octanol–water partition coefficient (Wildman–Crippen LogP) is 0.446. The molecule has 0 atom stereocenters. The van der Waals surface area contributed by atoms with Crippen LogP contribution in [0.4, 0.5) is 0 Å². The molecule has 12 heavy (non-hydrogen) atoms. The Hall–Kier alpha value is -1.58. The van der Waals surface area contributed by atoms with Crippen LogP contribution in [0.3, 0.4) is 0 Å². The van der Waals surface area contributed by atoms with E-state index in [4.69, 9.17) is 5.73 Å². The molecule has 0 bridgehead atoms. The first kappa shape index (κ1) is 7.09. The van der Waals surface area contributed by atoms with Gasteiger partial charge in [-0.3, -0.25) is 0 Å². The Bertz CT molecular complexity index is 322. The number of nitrogens with two attached hydrogens (primary N) is 1. The molecule has 2 N–H and O–H groups in total. The molecule has 0 unspecified atom stereocenters. The molecule has 2 aliphatic rings. The average Bonchev–Trinajstić information content (AvgIpc) is 2.07. The highest BCUT2D eigenvalue weighted by molar-refractivity contribution is 5.96. The van der Waals surface area contributed by atoms with Gasteiger partial charge in [0.1, 0.15) is 0 Å². The zero-order valence-corrected chi connectivity index (χ0v) is 6.86. The summed E-state index contributed by atoms with van der Waals surface area (Å²) in [5.41, 5.74) is 7.53. The van der Waals surface area contributed by atoms with Crippen LogP contribution in [0.2, 0.25) is 0 Å². The van der Waals surface area contributed by atoms with Gasteiger partial charge in [-0.15, -0.1) is 0 Å². The monoisotopic (exact) mass is 162 g/mol. The van der Waals surface area contributed by atoms with E-state index in [9.17, 15) is 0 Å². The van der Waals surface area contributed by atoms with E-state index in [1.807, 2.05) is 17.9 Å². The third-order valence-corrected chi connectivity index (χ3v) is 1.86. The molecule has 0 spiro atoms. The van der Waals surface area contributed by atoms with Gasteiger partial charge in [0.2, 0.25) is 5.96 Å². The molecule has 0 amide bonds. The Kier molecular flexibility index (Phi) is 1.46. The van der Waals surface area contributed by atoms with Gasteiger partial charge in [-0.1, -0.05) is 0 Å². The molecule has 0 aromatic heterocycles. The van der Waals surface area contributed by atoms with Gasteiger partial charge in [-0.05, 0) is 13.0 Å². The minimum atomic E-state index is 0.693. The zero-order chi connectivity index (χ0) is 8.55. The summed E-state index contributed by atoms with van der Waals surface area (Å²) >= 11 is 0. The summed E-state index contributed by atoms with van der Waals surface area (Å²) in [4.78, 5) is 10.2. The second-order valence-corrected chi connectivity index (χ2v) is 2.81. The van der Waals surface area contributed by atoms with Gasteiger partial charge in [0.15, 0.2) is 0 Å². The Morgan fingerprint density at radius 3 is 3.25 bits per heavy atom. The Balaban J connectivity index is 2.37. The lowest BCUT2D eigenvalue weighted by molar-refractivity contribution is 0.535. The number of nitrogens with zero attached hydrogens (tertiary/aromatic N) is 3. The predicted molar refractivity (Wildman–Crippen MR) is 48.7 cm³/mol. The van der Waals surface area contributed by atoms with Crippen LogP contribution in [0.25, 0.3) is 0 Å². The third kappa shape index (κ3) is 1.01. The summed E-state index contributed by atoms with van der Waals surface area (Å²) in [5, 5.41) is 0. The van der Waals surface area contributed by atoms with Crippen LogP contribution in [0.15, 0.2) is 33.7 Å². The number of rotatable bonds is 0. The van der Waals surface area contributed by atoms with Crippen LogP contribution in [0.1, 0.15) is 6.92 Å². The van der Waals surface area contributed by atoms with E-state index in [2.05, 4.69) is 9.98 Å². The van der Waals surface area contributed by atoms with E-state index in [1.54, 1.807) is 12.4 Å². The van der Waals surface area contributed by atoms with Gasteiger partial charge < -0.3 is 10.6 Å². The smallest absolute Gasteiger partial charge is 0.229 e. The molecular weight excluding hydrogens is 152 g/mol.